The Balaban J connectivity index is 1.93. The van der Waals surface area contributed by atoms with Gasteiger partial charge in [-0.1, -0.05) is 0 Å². The quantitative estimate of drug-likeness (QED) is 0.847. The van der Waals surface area contributed by atoms with Gasteiger partial charge in [-0.3, -0.25) is 0 Å². The van der Waals surface area contributed by atoms with Gasteiger partial charge < -0.3 is 5.32 Å². The van der Waals surface area contributed by atoms with Crippen LogP contribution in [0.5, 0.6) is 0 Å². The number of hydrogen-bond donors (Lipinski definition) is 1. The summed E-state index contributed by atoms with van der Waals surface area (Å²) in [5, 5.41) is 7.26. The van der Waals surface area contributed by atoms with Crippen molar-refractivity contribution in [3.05, 3.63) is 27.7 Å². The molecule has 68 valence electrons. The van der Waals surface area contributed by atoms with Gasteiger partial charge in [0.05, 0.1) is 11.6 Å². The van der Waals surface area contributed by atoms with Crippen molar-refractivity contribution >= 4 is 27.8 Å². The van der Waals surface area contributed by atoms with Gasteiger partial charge >= 0.3 is 0 Å². The third-order valence-electron chi connectivity index (χ3n) is 1.52. The van der Waals surface area contributed by atoms with Gasteiger partial charge in [0.2, 0.25) is 0 Å². The maximum absolute atomic E-state index is 4.18. The molecule has 0 aromatic carbocycles. The summed E-state index contributed by atoms with van der Waals surface area (Å²) in [7, 11) is 0. The Labute approximate surface area is 84.5 Å². The number of aryl methyl sites for hydroxylation is 1. The maximum Gasteiger partial charge on any atom is 0.182 e. The number of anilines is 1. The van der Waals surface area contributed by atoms with Crippen molar-refractivity contribution in [1.82, 2.24) is 9.97 Å². The number of aromatic nitrogens is 2. The lowest BCUT2D eigenvalue weighted by atomic mass is 10.5. The van der Waals surface area contributed by atoms with Gasteiger partial charge in [-0.15, -0.1) is 22.7 Å². The molecule has 2 aromatic rings. The Hall–Kier alpha value is -0.940. The second kappa shape index (κ2) is 3.85. The molecule has 2 rings (SSSR count). The van der Waals surface area contributed by atoms with E-state index in [-0.39, 0.29) is 0 Å². The van der Waals surface area contributed by atoms with Gasteiger partial charge in [-0.25, -0.2) is 9.97 Å². The lowest BCUT2D eigenvalue weighted by Gasteiger charge is -1.97. The van der Waals surface area contributed by atoms with Crippen LogP contribution in [0.25, 0.3) is 0 Å². The standard InChI is InChI=1S/C8H9N3S2/c1-6-10-4-7(13-6)5-11-8-9-2-3-12-8/h2-4H,5H2,1H3,(H,9,11). The fourth-order valence-electron chi connectivity index (χ4n) is 0.961. The molecule has 0 amide bonds. The van der Waals surface area contributed by atoms with Gasteiger partial charge in [0.15, 0.2) is 5.13 Å². The summed E-state index contributed by atoms with van der Waals surface area (Å²) in [6, 6.07) is 0. The van der Waals surface area contributed by atoms with E-state index in [1.54, 1.807) is 28.9 Å². The Morgan fingerprint density at radius 1 is 1.46 bits per heavy atom. The minimum atomic E-state index is 0.818. The number of hydrogen-bond acceptors (Lipinski definition) is 5. The van der Waals surface area contributed by atoms with Crippen LogP contribution in [0.4, 0.5) is 5.13 Å². The van der Waals surface area contributed by atoms with Gasteiger partial charge in [0, 0.05) is 22.7 Å². The predicted molar refractivity (Wildman–Crippen MR) is 56.3 cm³/mol. The smallest absolute Gasteiger partial charge is 0.182 e. The van der Waals surface area contributed by atoms with Crippen LogP contribution in [0.3, 0.4) is 0 Å². The monoisotopic (exact) mass is 211 g/mol. The van der Waals surface area contributed by atoms with Crippen molar-refractivity contribution in [2.75, 3.05) is 5.32 Å². The highest BCUT2D eigenvalue weighted by Gasteiger charge is 1.98. The molecule has 3 nitrogen and oxygen atoms in total. The molecule has 0 radical (unpaired) electrons. The minimum absolute atomic E-state index is 0.818. The summed E-state index contributed by atoms with van der Waals surface area (Å²) in [5.74, 6) is 0. The average molecular weight is 211 g/mol. The molecule has 0 aliphatic carbocycles. The molecule has 0 bridgehead atoms. The van der Waals surface area contributed by atoms with E-state index in [4.69, 9.17) is 0 Å². The van der Waals surface area contributed by atoms with Crippen LogP contribution in [0.2, 0.25) is 0 Å². The summed E-state index contributed by atoms with van der Waals surface area (Å²) in [6.07, 6.45) is 3.70. The van der Waals surface area contributed by atoms with E-state index in [1.165, 1.54) is 4.88 Å². The van der Waals surface area contributed by atoms with Crippen molar-refractivity contribution in [2.24, 2.45) is 0 Å². The SMILES string of the molecule is Cc1ncc(CNc2nccs2)s1. The molecular formula is C8H9N3S2. The Bertz CT molecular complexity index is 366. The van der Waals surface area contributed by atoms with Crippen LogP contribution in [-0.4, -0.2) is 9.97 Å². The molecule has 0 spiro atoms. The molecule has 0 unspecified atom stereocenters. The van der Waals surface area contributed by atoms with E-state index >= 15 is 0 Å². The van der Waals surface area contributed by atoms with Crippen LogP contribution in [0, 0.1) is 6.92 Å². The van der Waals surface area contributed by atoms with Crippen LogP contribution < -0.4 is 5.32 Å². The van der Waals surface area contributed by atoms with E-state index in [1.807, 2.05) is 18.5 Å². The highest BCUT2D eigenvalue weighted by atomic mass is 32.1. The van der Waals surface area contributed by atoms with E-state index in [0.29, 0.717) is 0 Å². The normalized spacial score (nSPS) is 10.2. The predicted octanol–water partition coefficient (Wildman–Crippen LogP) is 2.52. The third-order valence-corrected chi connectivity index (χ3v) is 3.16. The van der Waals surface area contributed by atoms with E-state index < -0.39 is 0 Å². The Morgan fingerprint density at radius 3 is 3.00 bits per heavy atom. The molecule has 0 aliphatic heterocycles. The first-order valence-corrected chi connectivity index (χ1v) is 5.59. The Kier molecular flexibility index (Phi) is 2.56. The van der Waals surface area contributed by atoms with Crippen molar-refractivity contribution in [3.8, 4) is 0 Å². The molecule has 5 heteroatoms. The van der Waals surface area contributed by atoms with Crippen LogP contribution in [0.15, 0.2) is 17.8 Å². The maximum atomic E-state index is 4.18. The molecule has 0 saturated carbocycles. The third kappa shape index (κ3) is 2.26. The minimum Gasteiger partial charge on any atom is -0.357 e. The van der Waals surface area contributed by atoms with Crippen LogP contribution in [-0.2, 0) is 6.54 Å². The molecular weight excluding hydrogens is 202 g/mol. The van der Waals surface area contributed by atoms with Gasteiger partial charge in [-0.2, -0.15) is 0 Å². The highest BCUT2D eigenvalue weighted by Crippen LogP contribution is 2.15. The molecule has 0 aliphatic rings. The molecule has 2 heterocycles. The van der Waals surface area contributed by atoms with Crippen molar-refractivity contribution < 1.29 is 0 Å². The summed E-state index contributed by atoms with van der Waals surface area (Å²) < 4.78 is 0. The number of thiazole rings is 2. The van der Waals surface area contributed by atoms with Crippen LogP contribution in [0.1, 0.15) is 9.88 Å². The zero-order valence-electron chi connectivity index (χ0n) is 7.15. The lowest BCUT2D eigenvalue weighted by molar-refractivity contribution is 1.15. The second-order valence-corrected chi connectivity index (χ2v) is 4.75. The zero-order valence-corrected chi connectivity index (χ0v) is 8.78. The Morgan fingerprint density at radius 2 is 2.38 bits per heavy atom. The molecule has 0 atom stereocenters. The highest BCUT2D eigenvalue weighted by molar-refractivity contribution is 7.13. The van der Waals surface area contributed by atoms with Crippen molar-refractivity contribution in [1.29, 1.82) is 0 Å². The first kappa shape index (κ1) is 8.65. The van der Waals surface area contributed by atoms with Crippen molar-refractivity contribution in [3.63, 3.8) is 0 Å². The first-order valence-electron chi connectivity index (χ1n) is 3.89. The lowest BCUT2D eigenvalue weighted by Crippen LogP contribution is -1.95. The number of nitrogens with zero attached hydrogens (tertiary/aromatic N) is 2. The molecule has 0 saturated heterocycles. The second-order valence-electron chi connectivity index (χ2n) is 2.54. The van der Waals surface area contributed by atoms with Crippen LogP contribution >= 0.6 is 22.7 Å². The van der Waals surface area contributed by atoms with E-state index in [0.717, 1.165) is 16.7 Å². The first-order chi connectivity index (χ1) is 6.34. The molecule has 2 aromatic heterocycles. The van der Waals surface area contributed by atoms with E-state index in [2.05, 4.69) is 15.3 Å². The summed E-state index contributed by atoms with van der Waals surface area (Å²) >= 11 is 3.32. The number of nitrogens with one attached hydrogen (secondary N) is 1. The van der Waals surface area contributed by atoms with Gasteiger partial charge in [0.1, 0.15) is 0 Å². The largest absolute Gasteiger partial charge is 0.357 e. The summed E-state index contributed by atoms with van der Waals surface area (Å²) in [6.45, 7) is 2.83. The zero-order chi connectivity index (χ0) is 9.10. The molecule has 13 heavy (non-hydrogen) atoms. The number of rotatable bonds is 3. The van der Waals surface area contributed by atoms with Gasteiger partial charge in [-0.05, 0) is 6.92 Å². The summed E-state index contributed by atoms with van der Waals surface area (Å²) in [4.78, 5) is 9.55. The van der Waals surface area contributed by atoms with Gasteiger partial charge in [0.25, 0.3) is 0 Å². The molecule has 1 N–H and O–H groups in total. The summed E-state index contributed by atoms with van der Waals surface area (Å²) in [5.41, 5.74) is 0. The van der Waals surface area contributed by atoms with Crippen molar-refractivity contribution in [2.45, 2.75) is 13.5 Å². The topological polar surface area (TPSA) is 37.8 Å². The average Bonchev–Trinajstić information content (AvgIpc) is 2.71. The fraction of sp³-hybridized carbons (Fsp3) is 0.250. The molecule has 0 fully saturated rings. The fourth-order valence-corrected chi connectivity index (χ4v) is 2.22. The van der Waals surface area contributed by atoms with E-state index in [9.17, 15) is 0 Å².